The third kappa shape index (κ3) is 5.32. The molecule has 2 aromatic heterocycles. The molecule has 256 valence electrons. The zero-order valence-electron chi connectivity index (χ0n) is 29.3. The summed E-state index contributed by atoms with van der Waals surface area (Å²) in [4.78, 5) is 4.68. The third-order valence-corrected chi connectivity index (χ3v) is 10.1. The first-order valence-electron chi connectivity index (χ1n) is 18.2. The van der Waals surface area contributed by atoms with Crippen molar-refractivity contribution in [2.75, 3.05) is 9.80 Å². The number of para-hydroxylation sites is 4. The second-order valence-electron chi connectivity index (χ2n) is 13.3. The zero-order chi connectivity index (χ0) is 35.8. The number of hydrogen-bond acceptors (Lipinski definition) is 4. The quantitative estimate of drug-likeness (QED) is 0.158. The lowest BCUT2D eigenvalue weighted by molar-refractivity contribution is 0.616. The van der Waals surface area contributed by atoms with Crippen molar-refractivity contribution in [2.24, 2.45) is 0 Å². The first-order valence-corrected chi connectivity index (χ1v) is 18.2. The van der Waals surface area contributed by atoms with Crippen LogP contribution >= 0.6 is 0 Å². The van der Waals surface area contributed by atoms with Crippen LogP contribution in [0.4, 0.5) is 34.1 Å². The van der Waals surface area contributed by atoms with Crippen molar-refractivity contribution in [2.45, 2.75) is 0 Å². The van der Waals surface area contributed by atoms with E-state index < -0.39 is 0 Å². The van der Waals surface area contributed by atoms with Gasteiger partial charge in [0.05, 0.1) is 23.9 Å². The van der Waals surface area contributed by atoms with Crippen LogP contribution in [-0.2, 0) is 0 Å². The first-order chi connectivity index (χ1) is 26.8. The van der Waals surface area contributed by atoms with Crippen molar-refractivity contribution in [1.82, 2.24) is 0 Å². The second kappa shape index (κ2) is 13.4. The van der Waals surface area contributed by atoms with E-state index in [0.29, 0.717) is 0 Å². The highest BCUT2D eigenvalue weighted by atomic mass is 16.3. The van der Waals surface area contributed by atoms with Crippen molar-refractivity contribution in [1.29, 1.82) is 0 Å². The van der Waals surface area contributed by atoms with Gasteiger partial charge in [-0.15, -0.1) is 0 Å². The summed E-state index contributed by atoms with van der Waals surface area (Å²) in [5.41, 5.74) is 11.9. The first kappa shape index (κ1) is 31.4. The molecule has 0 aliphatic carbocycles. The van der Waals surface area contributed by atoms with Crippen molar-refractivity contribution >= 4 is 66.8 Å². The van der Waals surface area contributed by atoms with Crippen LogP contribution in [0.2, 0.25) is 0 Å². The fourth-order valence-electron chi connectivity index (χ4n) is 7.80. The highest BCUT2D eigenvalue weighted by Gasteiger charge is 2.29. The predicted octanol–water partition coefficient (Wildman–Crippen LogP) is 14.6. The smallest absolute Gasteiger partial charge is 0.137 e. The summed E-state index contributed by atoms with van der Waals surface area (Å²) in [7, 11) is 0. The van der Waals surface area contributed by atoms with Gasteiger partial charge in [-0.2, -0.15) is 0 Å². The molecule has 4 nitrogen and oxygen atoms in total. The molecular formula is C50H34N2O2. The molecule has 0 N–H and O–H groups in total. The van der Waals surface area contributed by atoms with Gasteiger partial charge in [0, 0.05) is 67.6 Å². The number of fused-ring (bicyclic) bond motifs is 5. The van der Waals surface area contributed by atoms with E-state index in [4.69, 9.17) is 8.83 Å². The van der Waals surface area contributed by atoms with Crippen LogP contribution in [0.5, 0.6) is 0 Å². The topological polar surface area (TPSA) is 32.8 Å². The van der Waals surface area contributed by atoms with Gasteiger partial charge in [-0.1, -0.05) is 133 Å². The third-order valence-electron chi connectivity index (χ3n) is 10.1. The molecule has 0 atom stereocenters. The molecule has 0 spiro atoms. The van der Waals surface area contributed by atoms with Gasteiger partial charge in [-0.3, -0.25) is 0 Å². The summed E-state index contributed by atoms with van der Waals surface area (Å²) in [6.07, 6.45) is 3.82. The lowest BCUT2D eigenvalue weighted by Gasteiger charge is -2.30. The van der Waals surface area contributed by atoms with Gasteiger partial charge in [-0.25, -0.2) is 0 Å². The Labute approximate surface area is 313 Å². The molecule has 0 unspecified atom stereocenters. The summed E-state index contributed by atoms with van der Waals surface area (Å²) in [5, 5.41) is 4.20. The lowest BCUT2D eigenvalue weighted by Crippen LogP contribution is -2.13. The molecule has 0 aliphatic heterocycles. The molecule has 8 aromatic carbocycles. The summed E-state index contributed by atoms with van der Waals surface area (Å²) in [6, 6.07) is 67.7. The molecule has 0 saturated carbocycles. The molecule has 54 heavy (non-hydrogen) atoms. The zero-order valence-corrected chi connectivity index (χ0v) is 29.3. The van der Waals surface area contributed by atoms with Crippen LogP contribution in [0.1, 0.15) is 0 Å². The Bertz CT molecular complexity index is 2570. The van der Waals surface area contributed by atoms with E-state index >= 15 is 0 Å². The number of furan rings is 2. The maximum Gasteiger partial charge on any atom is 0.137 e. The molecule has 0 bridgehead atoms. The van der Waals surface area contributed by atoms with Gasteiger partial charge < -0.3 is 18.6 Å². The average Bonchev–Trinajstić information content (AvgIpc) is 3.88. The number of nitrogens with zero attached hydrogens (tertiary/aromatic N) is 2. The fraction of sp³-hybridized carbons (Fsp3) is 0. The van der Waals surface area contributed by atoms with Gasteiger partial charge >= 0.3 is 0 Å². The Hall–Kier alpha value is -7.30. The van der Waals surface area contributed by atoms with Crippen LogP contribution in [-0.4, -0.2) is 0 Å². The van der Waals surface area contributed by atoms with E-state index in [-0.39, 0.29) is 0 Å². The van der Waals surface area contributed by atoms with E-state index in [9.17, 15) is 0 Å². The van der Waals surface area contributed by atoms with Crippen LogP contribution < -0.4 is 9.80 Å². The lowest BCUT2D eigenvalue weighted by atomic mass is 9.91. The SMILES string of the molecule is c1ccc(-c2coc3cc(N(c4ccccc4)c4ccccc4)c4c5c(-c6ccccc6)coc5cc(N(c5ccccc5)c5ccccc5)c4c23)cc1. The van der Waals surface area contributed by atoms with E-state index in [2.05, 4.69) is 204 Å². The van der Waals surface area contributed by atoms with Gasteiger partial charge in [0.25, 0.3) is 0 Å². The van der Waals surface area contributed by atoms with Gasteiger partial charge in [0.15, 0.2) is 0 Å². The summed E-state index contributed by atoms with van der Waals surface area (Å²) in [6.45, 7) is 0. The Morgan fingerprint density at radius 1 is 0.296 bits per heavy atom. The van der Waals surface area contributed by atoms with Gasteiger partial charge in [0.2, 0.25) is 0 Å². The Morgan fingerprint density at radius 3 is 0.870 bits per heavy atom. The Morgan fingerprint density at radius 2 is 0.574 bits per heavy atom. The second-order valence-corrected chi connectivity index (χ2v) is 13.3. The highest BCUT2D eigenvalue weighted by molar-refractivity contribution is 6.31. The van der Waals surface area contributed by atoms with E-state index in [1.165, 1.54) is 0 Å². The number of benzene rings is 8. The number of anilines is 6. The van der Waals surface area contributed by atoms with Crippen LogP contribution in [0.3, 0.4) is 0 Å². The number of hydrogen-bond donors (Lipinski definition) is 0. The molecule has 4 heteroatoms. The van der Waals surface area contributed by atoms with E-state index in [1.54, 1.807) is 0 Å². The highest BCUT2D eigenvalue weighted by Crippen LogP contribution is 2.54. The van der Waals surface area contributed by atoms with E-state index in [1.807, 2.05) is 12.5 Å². The van der Waals surface area contributed by atoms with Crippen molar-refractivity contribution < 1.29 is 8.83 Å². The van der Waals surface area contributed by atoms with E-state index in [0.717, 1.165) is 89.1 Å². The summed E-state index contributed by atoms with van der Waals surface area (Å²) < 4.78 is 13.3. The molecule has 0 fully saturated rings. The van der Waals surface area contributed by atoms with Crippen molar-refractivity contribution in [3.8, 4) is 22.3 Å². The molecule has 0 amide bonds. The van der Waals surface area contributed by atoms with Crippen molar-refractivity contribution in [3.05, 3.63) is 207 Å². The summed E-state index contributed by atoms with van der Waals surface area (Å²) >= 11 is 0. The minimum Gasteiger partial charge on any atom is -0.464 e. The maximum atomic E-state index is 6.66. The van der Waals surface area contributed by atoms with Gasteiger partial charge in [0.1, 0.15) is 11.2 Å². The normalized spacial score (nSPS) is 11.3. The number of rotatable bonds is 8. The maximum absolute atomic E-state index is 6.66. The minimum absolute atomic E-state index is 0.791. The molecule has 0 radical (unpaired) electrons. The average molecular weight is 695 g/mol. The molecule has 0 aliphatic rings. The molecule has 10 rings (SSSR count). The molecule has 2 heterocycles. The molecule has 0 saturated heterocycles. The monoisotopic (exact) mass is 694 g/mol. The Kier molecular flexibility index (Phi) is 7.77. The molecule has 10 aromatic rings. The summed E-state index contributed by atoms with van der Waals surface area (Å²) in [5.74, 6) is 0. The molecular weight excluding hydrogens is 661 g/mol. The Balaban J connectivity index is 1.45. The fourth-order valence-corrected chi connectivity index (χ4v) is 7.80. The van der Waals surface area contributed by atoms with Crippen molar-refractivity contribution in [3.63, 3.8) is 0 Å². The van der Waals surface area contributed by atoms with Crippen LogP contribution in [0, 0.1) is 0 Å². The largest absolute Gasteiger partial charge is 0.464 e. The van der Waals surface area contributed by atoms with Crippen LogP contribution in [0.25, 0.3) is 55.0 Å². The minimum atomic E-state index is 0.791. The predicted molar refractivity (Wildman–Crippen MR) is 224 cm³/mol. The standard InChI is InChI=1S/C50H34N2O2/c1-7-19-35(20-8-1)41-33-53-45-31-44(52(39-27-15-5-16-28-39)40-29-17-6-18-30-40)50-48-42(36-21-9-2-10-22-36)34-54-46(48)32-43(49(50)47(41)45)51(37-23-11-3-12-24-37)38-25-13-4-14-26-38/h1-34H. The van der Waals surface area contributed by atoms with Gasteiger partial charge in [-0.05, 0) is 59.7 Å². The van der Waals surface area contributed by atoms with Crippen LogP contribution in [0.15, 0.2) is 215 Å².